The number of rotatable bonds is 5. The van der Waals surface area contributed by atoms with Gasteiger partial charge >= 0.3 is 0 Å². The molecule has 1 unspecified atom stereocenters. The Morgan fingerprint density at radius 2 is 1.53 bits per heavy atom. The van der Waals surface area contributed by atoms with Crippen LogP contribution in [0.15, 0.2) is 82.8 Å². The van der Waals surface area contributed by atoms with Crippen LogP contribution in [0.4, 0.5) is 5.69 Å². The number of halogens is 1. The van der Waals surface area contributed by atoms with Crippen LogP contribution in [0, 0.1) is 0 Å². The highest BCUT2D eigenvalue weighted by Crippen LogP contribution is 2.45. The molecule has 3 aromatic rings. The van der Waals surface area contributed by atoms with Crippen molar-refractivity contribution in [2.24, 2.45) is 0 Å². The van der Waals surface area contributed by atoms with Crippen molar-refractivity contribution in [3.63, 3.8) is 0 Å². The number of aliphatic hydroxyl groups excluding tert-OH is 1. The molecule has 1 N–H and O–H groups in total. The van der Waals surface area contributed by atoms with Crippen LogP contribution in [-0.2, 0) is 9.59 Å². The van der Waals surface area contributed by atoms with Crippen LogP contribution >= 0.6 is 15.9 Å². The van der Waals surface area contributed by atoms with Crippen LogP contribution in [0.2, 0.25) is 0 Å². The van der Waals surface area contributed by atoms with E-state index in [1.165, 1.54) is 19.1 Å². The van der Waals surface area contributed by atoms with Crippen molar-refractivity contribution in [1.29, 1.82) is 0 Å². The SMILES string of the molecule is COc1cccc(OC)c1/C(O)=C1\C(=O)C(=O)N(c2cccc(Br)c2)C1c1ccccc1. The van der Waals surface area contributed by atoms with Gasteiger partial charge in [-0.3, -0.25) is 14.5 Å². The zero-order valence-electron chi connectivity index (χ0n) is 17.4. The molecule has 0 spiro atoms. The third-order valence-corrected chi connectivity index (χ3v) is 5.80. The summed E-state index contributed by atoms with van der Waals surface area (Å²) >= 11 is 3.42. The number of benzene rings is 3. The van der Waals surface area contributed by atoms with Crippen molar-refractivity contribution in [1.82, 2.24) is 0 Å². The second-order valence-electron chi connectivity index (χ2n) is 7.10. The van der Waals surface area contributed by atoms with E-state index < -0.39 is 17.7 Å². The molecule has 7 heteroatoms. The fourth-order valence-electron chi connectivity index (χ4n) is 3.89. The third kappa shape index (κ3) is 3.65. The van der Waals surface area contributed by atoms with E-state index in [-0.39, 0.29) is 16.9 Å². The van der Waals surface area contributed by atoms with E-state index in [1.54, 1.807) is 36.4 Å². The fraction of sp³-hybridized carbons (Fsp3) is 0.120. The number of anilines is 1. The van der Waals surface area contributed by atoms with E-state index in [1.807, 2.05) is 36.4 Å². The normalized spacial score (nSPS) is 17.5. The maximum atomic E-state index is 13.3. The predicted molar refractivity (Wildman–Crippen MR) is 125 cm³/mol. The first-order valence-corrected chi connectivity index (χ1v) is 10.6. The fourth-order valence-corrected chi connectivity index (χ4v) is 4.28. The number of ketones is 1. The van der Waals surface area contributed by atoms with Crippen molar-refractivity contribution in [3.05, 3.63) is 94.0 Å². The second-order valence-corrected chi connectivity index (χ2v) is 8.01. The number of carbonyl (C=O) groups excluding carboxylic acids is 2. The van der Waals surface area contributed by atoms with Gasteiger partial charge < -0.3 is 14.6 Å². The standard InChI is InChI=1S/C25H20BrNO5/c1-31-18-12-7-13-19(32-2)20(18)23(28)21-22(15-8-4-3-5-9-15)27(25(30)24(21)29)17-11-6-10-16(26)14-17/h3-14,22,28H,1-2H3/b23-21+. The summed E-state index contributed by atoms with van der Waals surface area (Å²) in [7, 11) is 2.92. The molecule has 32 heavy (non-hydrogen) atoms. The summed E-state index contributed by atoms with van der Waals surface area (Å²) in [5, 5.41) is 11.4. The molecule has 1 aliphatic heterocycles. The number of Topliss-reactive ketones (excluding diaryl/α,β-unsaturated/α-hetero) is 1. The molecule has 1 saturated heterocycles. The highest BCUT2D eigenvalue weighted by Gasteiger charge is 2.47. The van der Waals surface area contributed by atoms with Gasteiger partial charge in [0.05, 0.1) is 25.8 Å². The smallest absolute Gasteiger partial charge is 0.300 e. The minimum absolute atomic E-state index is 0.0380. The molecule has 162 valence electrons. The summed E-state index contributed by atoms with van der Waals surface area (Å²) in [6.45, 7) is 0. The van der Waals surface area contributed by atoms with Gasteiger partial charge in [-0.1, -0.05) is 58.4 Å². The van der Waals surface area contributed by atoms with Gasteiger partial charge in [0.15, 0.2) is 0 Å². The number of aliphatic hydroxyl groups is 1. The first-order valence-electron chi connectivity index (χ1n) is 9.80. The van der Waals surface area contributed by atoms with Gasteiger partial charge in [0.25, 0.3) is 11.7 Å². The molecule has 6 nitrogen and oxygen atoms in total. The summed E-state index contributed by atoms with van der Waals surface area (Å²) in [6, 6.07) is 20.4. The molecular formula is C25H20BrNO5. The van der Waals surface area contributed by atoms with E-state index in [2.05, 4.69) is 15.9 Å². The Hall–Kier alpha value is -3.58. The Balaban J connectivity index is 2.01. The molecule has 0 bridgehead atoms. The lowest BCUT2D eigenvalue weighted by Crippen LogP contribution is -2.29. The van der Waals surface area contributed by atoms with E-state index in [9.17, 15) is 14.7 Å². The van der Waals surface area contributed by atoms with E-state index in [0.717, 1.165) is 4.47 Å². The van der Waals surface area contributed by atoms with Crippen LogP contribution in [0.5, 0.6) is 11.5 Å². The average molecular weight is 494 g/mol. The summed E-state index contributed by atoms with van der Waals surface area (Å²) in [5.41, 5.74) is 1.39. The van der Waals surface area contributed by atoms with Crippen LogP contribution in [0.1, 0.15) is 17.2 Å². The highest BCUT2D eigenvalue weighted by atomic mass is 79.9. The maximum Gasteiger partial charge on any atom is 0.300 e. The summed E-state index contributed by atoms with van der Waals surface area (Å²) < 4.78 is 11.6. The molecule has 1 amide bonds. The summed E-state index contributed by atoms with van der Waals surface area (Å²) in [6.07, 6.45) is 0. The van der Waals surface area contributed by atoms with E-state index in [0.29, 0.717) is 22.7 Å². The Kier molecular flexibility index (Phi) is 6.01. The number of ether oxygens (including phenoxy) is 2. The number of carbonyl (C=O) groups is 2. The van der Waals surface area contributed by atoms with E-state index in [4.69, 9.17) is 9.47 Å². The minimum Gasteiger partial charge on any atom is -0.506 e. The van der Waals surface area contributed by atoms with Gasteiger partial charge in [-0.15, -0.1) is 0 Å². The number of amides is 1. The van der Waals surface area contributed by atoms with Crippen LogP contribution in [0.25, 0.3) is 5.76 Å². The molecule has 0 aliphatic carbocycles. The average Bonchev–Trinajstić information content (AvgIpc) is 3.09. The van der Waals surface area contributed by atoms with Crippen molar-refractivity contribution < 1.29 is 24.2 Å². The number of hydrogen-bond donors (Lipinski definition) is 1. The number of methoxy groups -OCH3 is 2. The molecule has 0 saturated carbocycles. The van der Waals surface area contributed by atoms with Crippen molar-refractivity contribution in [3.8, 4) is 11.5 Å². The summed E-state index contributed by atoms with van der Waals surface area (Å²) in [5.74, 6) is -1.23. The molecule has 3 aromatic carbocycles. The molecular weight excluding hydrogens is 474 g/mol. The minimum atomic E-state index is -0.833. The molecule has 0 radical (unpaired) electrons. The van der Waals surface area contributed by atoms with Gasteiger partial charge in [0.2, 0.25) is 0 Å². The monoisotopic (exact) mass is 493 g/mol. The Bertz CT molecular complexity index is 1200. The van der Waals surface area contributed by atoms with Crippen LogP contribution in [-0.4, -0.2) is 31.0 Å². The van der Waals surface area contributed by atoms with Crippen molar-refractivity contribution >= 4 is 39.1 Å². The van der Waals surface area contributed by atoms with Crippen molar-refractivity contribution in [2.45, 2.75) is 6.04 Å². The first-order chi connectivity index (χ1) is 15.5. The van der Waals surface area contributed by atoms with Crippen molar-refractivity contribution in [2.75, 3.05) is 19.1 Å². The number of hydrogen-bond acceptors (Lipinski definition) is 5. The number of nitrogens with zero attached hydrogens (tertiary/aromatic N) is 1. The van der Waals surface area contributed by atoms with Crippen LogP contribution in [0.3, 0.4) is 0 Å². The topological polar surface area (TPSA) is 76.1 Å². The summed E-state index contributed by atoms with van der Waals surface area (Å²) in [4.78, 5) is 27.9. The Labute approximate surface area is 193 Å². The van der Waals surface area contributed by atoms with E-state index >= 15 is 0 Å². The lowest BCUT2D eigenvalue weighted by atomic mass is 9.94. The Morgan fingerprint density at radius 1 is 0.906 bits per heavy atom. The molecule has 4 rings (SSSR count). The first kappa shape index (κ1) is 21.6. The lowest BCUT2D eigenvalue weighted by Gasteiger charge is -2.26. The lowest BCUT2D eigenvalue weighted by molar-refractivity contribution is -0.132. The molecule has 1 heterocycles. The van der Waals surface area contributed by atoms with Crippen LogP contribution < -0.4 is 14.4 Å². The molecule has 0 aromatic heterocycles. The second kappa shape index (κ2) is 8.88. The predicted octanol–water partition coefficient (Wildman–Crippen LogP) is 5.09. The maximum absolute atomic E-state index is 13.3. The largest absolute Gasteiger partial charge is 0.506 e. The van der Waals surface area contributed by atoms with Gasteiger partial charge in [-0.25, -0.2) is 0 Å². The molecule has 1 aliphatic rings. The van der Waals surface area contributed by atoms with Gasteiger partial charge in [-0.05, 0) is 35.9 Å². The quantitative estimate of drug-likeness (QED) is 0.304. The zero-order valence-corrected chi connectivity index (χ0v) is 19.0. The van der Waals surface area contributed by atoms with Gasteiger partial charge in [-0.2, -0.15) is 0 Å². The highest BCUT2D eigenvalue weighted by molar-refractivity contribution is 9.10. The van der Waals surface area contributed by atoms with Gasteiger partial charge in [0.1, 0.15) is 22.8 Å². The zero-order chi connectivity index (χ0) is 22.8. The van der Waals surface area contributed by atoms with Gasteiger partial charge in [0, 0.05) is 10.2 Å². The molecule has 1 fully saturated rings. The molecule has 1 atom stereocenters. The third-order valence-electron chi connectivity index (χ3n) is 5.31. The Morgan fingerprint density at radius 3 is 2.12 bits per heavy atom.